The summed E-state index contributed by atoms with van der Waals surface area (Å²) in [6.45, 7) is 5.52. The summed E-state index contributed by atoms with van der Waals surface area (Å²) in [6.07, 6.45) is 3.59. The van der Waals surface area contributed by atoms with Gasteiger partial charge in [-0.25, -0.2) is 4.39 Å². The lowest BCUT2D eigenvalue weighted by Crippen LogP contribution is -2.24. The lowest BCUT2D eigenvalue weighted by Gasteiger charge is -2.26. The van der Waals surface area contributed by atoms with Crippen LogP contribution in [0.25, 0.3) is 0 Å². The maximum absolute atomic E-state index is 14.2. The molecule has 0 spiro atoms. The Labute approximate surface area is 125 Å². The van der Waals surface area contributed by atoms with Gasteiger partial charge in [-0.2, -0.15) is 0 Å². The van der Waals surface area contributed by atoms with Crippen molar-refractivity contribution in [2.24, 2.45) is 0 Å². The van der Waals surface area contributed by atoms with Gasteiger partial charge in [0.25, 0.3) is 0 Å². The zero-order chi connectivity index (χ0) is 15.2. The number of anilines is 1. The Morgan fingerprint density at radius 3 is 2.76 bits per heavy atom. The third-order valence-corrected chi connectivity index (χ3v) is 3.53. The minimum atomic E-state index is -0.168. The molecule has 0 aliphatic carbocycles. The summed E-state index contributed by atoms with van der Waals surface area (Å²) >= 11 is 0. The molecule has 1 heterocycles. The van der Waals surface area contributed by atoms with Crippen molar-refractivity contribution in [1.29, 1.82) is 0 Å². The number of nitrogens with zero attached hydrogens (tertiary/aromatic N) is 2. The van der Waals surface area contributed by atoms with Gasteiger partial charge in [0.05, 0.1) is 0 Å². The number of benzene rings is 1. The zero-order valence-corrected chi connectivity index (χ0v) is 12.8. The molecule has 0 saturated carbocycles. The second kappa shape index (κ2) is 7.18. The average Bonchev–Trinajstić information content (AvgIpc) is 2.48. The lowest BCUT2D eigenvalue weighted by molar-refractivity contribution is 0.540. The molecule has 3 nitrogen and oxygen atoms in total. The van der Waals surface area contributed by atoms with E-state index in [-0.39, 0.29) is 11.9 Å². The SMILES string of the molecule is CCNC(C)c1c(F)cccc1N(C)Cc1cccnc1. The van der Waals surface area contributed by atoms with Crippen LogP contribution < -0.4 is 10.2 Å². The maximum Gasteiger partial charge on any atom is 0.130 e. The van der Waals surface area contributed by atoms with Crippen molar-refractivity contribution in [3.63, 3.8) is 0 Å². The van der Waals surface area contributed by atoms with Crippen LogP contribution in [0.5, 0.6) is 0 Å². The number of pyridine rings is 1. The van der Waals surface area contributed by atoms with E-state index in [2.05, 4.69) is 15.2 Å². The predicted molar refractivity (Wildman–Crippen MR) is 84.8 cm³/mol. The molecular formula is C17H22FN3. The van der Waals surface area contributed by atoms with Crippen molar-refractivity contribution in [1.82, 2.24) is 10.3 Å². The third kappa shape index (κ3) is 3.79. The molecule has 0 bridgehead atoms. The fourth-order valence-electron chi connectivity index (χ4n) is 2.55. The van der Waals surface area contributed by atoms with Crippen LogP contribution >= 0.6 is 0 Å². The van der Waals surface area contributed by atoms with Gasteiger partial charge in [0.15, 0.2) is 0 Å². The fourth-order valence-corrected chi connectivity index (χ4v) is 2.55. The van der Waals surface area contributed by atoms with Crippen LogP contribution in [0.1, 0.15) is 31.0 Å². The maximum atomic E-state index is 14.2. The van der Waals surface area contributed by atoms with Crippen LogP contribution in [0, 0.1) is 5.82 Å². The van der Waals surface area contributed by atoms with E-state index in [4.69, 9.17) is 0 Å². The summed E-state index contributed by atoms with van der Waals surface area (Å²) in [5, 5.41) is 3.28. The zero-order valence-electron chi connectivity index (χ0n) is 12.8. The van der Waals surface area contributed by atoms with Crippen LogP contribution in [-0.2, 0) is 6.54 Å². The summed E-state index contributed by atoms with van der Waals surface area (Å²) in [5.74, 6) is -0.168. The molecule has 0 amide bonds. The van der Waals surface area contributed by atoms with Crippen molar-refractivity contribution in [3.05, 3.63) is 59.7 Å². The molecule has 0 fully saturated rings. The van der Waals surface area contributed by atoms with E-state index in [1.54, 1.807) is 12.3 Å². The van der Waals surface area contributed by atoms with Crippen LogP contribution in [-0.4, -0.2) is 18.6 Å². The third-order valence-electron chi connectivity index (χ3n) is 3.53. The highest BCUT2D eigenvalue weighted by molar-refractivity contribution is 5.55. The van der Waals surface area contributed by atoms with Gasteiger partial charge in [-0.15, -0.1) is 0 Å². The molecule has 1 unspecified atom stereocenters. The minimum absolute atomic E-state index is 0.0254. The van der Waals surface area contributed by atoms with Crippen molar-refractivity contribution in [2.45, 2.75) is 26.4 Å². The van der Waals surface area contributed by atoms with E-state index in [9.17, 15) is 4.39 Å². The van der Waals surface area contributed by atoms with Crippen LogP contribution in [0.15, 0.2) is 42.7 Å². The molecule has 2 rings (SSSR count). The molecule has 2 aromatic rings. The Kier molecular flexibility index (Phi) is 5.28. The molecule has 1 atom stereocenters. The standard InChI is InChI=1S/C17H22FN3/c1-4-20-13(2)17-15(18)8-5-9-16(17)21(3)12-14-7-6-10-19-11-14/h5-11,13,20H,4,12H2,1-3H3. The quantitative estimate of drug-likeness (QED) is 0.881. The topological polar surface area (TPSA) is 28.2 Å². The number of halogens is 1. The van der Waals surface area contributed by atoms with E-state index < -0.39 is 0 Å². The highest BCUT2D eigenvalue weighted by Gasteiger charge is 2.17. The molecule has 112 valence electrons. The number of hydrogen-bond donors (Lipinski definition) is 1. The van der Waals surface area contributed by atoms with E-state index in [1.165, 1.54) is 6.07 Å². The molecule has 1 aromatic carbocycles. The summed E-state index contributed by atoms with van der Waals surface area (Å²) in [5.41, 5.74) is 2.73. The molecular weight excluding hydrogens is 265 g/mol. The van der Waals surface area contributed by atoms with E-state index in [0.29, 0.717) is 12.1 Å². The monoisotopic (exact) mass is 287 g/mol. The first-order valence-electron chi connectivity index (χ1n) is 7.25. The first-order chi connectivity index (χ1) is 10.1. The Morgan fingerprint density at radius 1 is 1.29 bits per heavy atom. The van der Waals surface area contributed by atoms with Gasteiger partial charge in [0, 0.05) is 43.3 Å². The fraction of sp³-hybridized carbons (Fsp3) is 0.353. The van der Waals surface area contributed by atoms with Crippen molar-refractivity contribution in [3.8, 4) is 0 Å². The van der Waals surface area contributed by atoms with Crippen LogP contribution in [0.4, 0.5) is 10.1 Å². The lowest BCUT2D eigenvalue weighted by atomic mass is 10.0. The largest absolute Gasteiger partial charge is 0.370 e. The summed E-state index contributed by atoms with van der Waals surface area (Å²) in [4.78, 5) is 6.18. The summed E-state index contributed by atoms with van der Waals surface area (Å²) in [6, 6.07) is 9.15. The van der Waals surface area contributed by atoms with E-state index >= 15 is 0 Å². The Morgan fingerprint density at radius 2 is 2.10 bits per heavy atom. The van der Waals surface area contributed by atoms with Gasteiger partial charge < -0.3 is 10.2 Å². The van der Waals surface area contributed by atoms with Gasteiger partial charge in [-0.1, -0.05) is 19.1 Å². The smallest absolute Gasteiger partial charge is 0.130 e. The van der Waals surface area contributed by atoms with Crippen LogP contribution in [0.3, 0.4) is 0 Å². The average molecular weight is 287 g/mol. The molecule has 0 aliphatic rings. The number of nitrogens with one attached hydrogen (secondary N) is 1. The van der Waals surface area contributed by atoms with Crippen molar-refractivity contribution < 1.29 is 4.39 Å². The number of hydrogen-bond acceptors (Lipinski definition) is 3. The molecule has 21 heavy (non-hydrogen) atoms. The summed E-state index contributed by atoms with van der Waals surface area (Å²) < 4.78 is 14.2. The molecule has 1 aromatic heterocycles. The molecule has 0 radical (unpaired) electrons. The number of aromatic nitrogens is 1. The van der Waals surface area contributed by atoms with Gasteiger partial charge in [0.1, 0.15) is 5.82 Å². The first kappa shape index (κ1) is 15.4. The first-order valence-corrected chi connectivity index (χ1v) is 7.25. The summed E-state index contributed by atoms with van der Waals surface area (Å²) in [7, 11) is 1.98. The second-order valence-corrected chi connectivity index (χ2v) is 5.17. The van der Waals surface area contributed by atoms with E-state index in [1.807, 2.05) is 45.3 Å². The van der Waals surface area contributed by atoms with Gasteiger partial charge in [-0.05, 0) is 37.2 Å². The van der Waals surface area contributed by atoms with Crippen molar-refractivity contribution >= 4 is 5.69 Å². The molecule has 0 saturated heterocycles. The highest BCUT2D eigenvalue weighted by atomic mass is 19.1. The normalized spacial score (nSPS) is 12.2. The minimum Gasteiger partial charge on any atom is -0.370 e. The second-order valence-electron chi connectivity index (χ2n) is 5.17. The molecule has 4 heteroatoms. The Balaban J connectivity index is 2.28. The molecule has 0 aliphatic heterocycles. The van der Waals surface area contributed by atoms with Crippen molar-refractivity contribution in [2.75, 3.05) is 18.5 Å². The Bertz CT molecular complexity index is 572. The van der Waals surface area contributed by atoms with E-state index in [0.717, 1.165) is 17.8 Å². The molecule has 1 N–H and O–H groups in total. The predicted octanol–water partition coefficient (Wildman–Crippen LogP) is 3.53. The van der Waals surface area contributed by atoms with Gasteiger partial charge >= 0.3 is 0 Å². The van der Waals surface area contributed by atoms with Gasteiger partial charge in [0.2, 0.25) is 0 Å². The highest BCUT2D eigenvalue weighted by Crippen LogP contribution is 2.29. The van der Waals surface area contributed by atoms with Crippen LogP contribution in [0.2, 0.25) is 0 Å². The Hall–Kier alpha value is -1.94. The van der Waals surface area contributed by atoms with Gasteiger partial charge in [-0.3, -0.25) is 4.98 Å². The number of rotatable bonds is 6.